The van der Waals surface area contributed by atoms with E-state index in [1.54, 1.807) is 26.0 Å². The quantitative estimate of drug-likeness (QED) is 0.701. The number of rotatable bonds is 2. The molecular formula is C10H14ClNO2. The van der Waals surface area contributed by atoms with E-state index in [2.05, 4.69) is 0 Å². The summed E-state index contributed by atoms with van der Waals surface area (Å²) in [5.41, 5.74) is 5.87. The summed E-state index contributed by atoms with van der Waals surface area (Å²) in [5, 5.41) is 19.2. The molecule has 0 saturated heterocycles. The zero-order valence-electron chi connectivity index (χ0n) is 8.21. The summed E-state index contributed by atoms with van der Waals surface area (Å²) in [7, 11) is 0. The lowest BCUT2D eigenvalue weighted by atomic mass is 9.91. The lowest BCUT2D eigenvalue weighted by molar-refractivity contribution is 0.207. The van der Waals surface area contributed by atoms with Crippen LogP contribution in [-0.2, 0) is 5.54 Å². The Balaban J connectivity index is 3.40. The third kappa shape index (κ3) is 1.85. The topological polar surface area (TPSA) is 66.5 Å². The number of phenolic OH excluding ortho intramolecular Hbond substituents is 1. The van der Waals surface area contributed by atoms with Crippen LogP contribution >= 0.6 is 11.6 Å². The molecule has 0 amide bonds. The van der Waals surface area contributed by atoms with Crippen molar-refractivity contribution >= 4 is 11.6 Å². The van der Waals surface area contributed by atoms with Crippen LogP contribution in [-0.4, -0.2) is 16.8 Å². The van der Waals surface area contributed by atoms with E-state index in [-0.39, 0.29) is 12.4 Å². The van der Waals surface area contributed by atoms with Crippen LogP contribution in [0, 0.1) is 6.92 Å². The van der Waals surface area contributed by atoms with Crippen LogP contribution in [0.2, 0.25) is 5.02 Å². The monoisotopic (exact) mass is 215 g/mol. The van der Waals surface area contributed by atoms with Gasteiger partial charge in [0.05, 0.1) is 12.1 Å². The van der Waals surface area contributed by atoms with Gasteiger partial charge >= 0.3 is 0 Å². The minimum atomic E-state index is -1.02. The van der Waals surface area contributed by atoms with E-state index in [0.717, 1.165) is 0 Å². The molecule has 14 heavy (non-hydrogen) atoms. The second-order valence-electron chi connectivity index (χ2n) is 3.66. The van der Waals surface area contributed by atoms with E-state index >= 15 is 0 Å². The maximum Gasteiger partial charge on any atom is 0.125 e. The molecule has 1 aromatic rings. The van der Waals surface area contributed by atoms with Crippen molar-refractivity contribution in [1.29, 1.82) is 0 Å². The fourth-order valence-electron chi connectivity index (χ4n) is 1.29. The van der Waals surface area contributed by atoms with E-state index < -0.39 is 5.54 Å². The predicted molar refractivity (Wildman–Crippen MR) is 56.5 cm³/mol. The molecule has 1 aromatic carbocycles. The number of aliphatic hydroxyl groups excluding tert-OH is 1. The van der Waals surface area contributed by atoms with Crippen molar-refractivity contribution in [2.75, 3.05) is 6.61 Å². The zero-order valence-corrected chi connectivity index (χ0v) is 8.97. The van der Waals surface area contributed by atoms with E-state index in [4.69, 9.17) is 22.4 Å². The number of hydrogen-bond donors (Lipinski definition) is 3. The van der Waals surface area contributed by atoms with Crippen molar-refractivity contribution in [3.05, 3.63) is 28.3 Å². The molecule has 0 bridgehead atoms. The largest absolute Gasteiger partial charge is 0.507 e. The normalized spacial score (nSPS) is 15.2. The third-order valence-electron chi connectivity index (χ3n) is 2.23. The van der Waals surface area contributed by atoms with Gasteiger partial charge in [-0.05, 0) is 25.5 Å². The van der Waals surface area contributed by atoms with Crippen molar-refractivity contribution in [2.24, 2.45) is 5.73 Å². The number of aliphatic hydroxyl groups is 1. The Labute approximate surface area is 88.1 Å². The van der Waals surface area contributed by atoms with Gasteiger partial charge in [0.1, 0.15) is 5.75 Å². The van der Waals surface area contributed by atoms with Gasteiger partial charge < -0.3 is 15.9 Å². The maximum absolute atomic E-state index is 9.77. The predicted octanol–water partition coefficient (Wildman–Crippen LogP) is 1.52. The van der Waals surface area contributed by atoms with Gasteiger partial charge in [-0.1, -0.05) is 17.7 Å². The third-order valence-corrected chi connectivity index (χ3v) is 2.54. The average molecular weight is 216 g/mol. The molecule has 0 radical (unpaired) electrons. The van der Waals surface area contributed by atoms with Crippen LogP contribution in [0.5, 0.6) is 5.75 Å². The molecule has 78 valence electrons. The van der Waals surface area contributed by atoms with Crippen molar-refractivity contribution in [1.82, 2.24) is 0 Å². The van der Waals surface area contributed by atoms with Gasteiger partial charge in [-0.15, -0.1) is 0 Å². The van der Waals surface area contributed by atoms with Crippen molar-refractivity contribution in [2.45, 2.75) is 19.4 Å². The Morgan fingerprint density at radius 1 is 1.50 bits per heavy atom. The van der Waals surface area contributed by atoms with E-state index in [0.29, 0.717) is 16.1 Å². The van der Waals surface area contributed by atoms with Crippen molar-refractivity contribution in [3.63, 3.8) is 0 Å². The van der Waals surface area contributed by atoms with E-state index in [1.807, 2.05) is 0 Å². The summed E-state index contributed by atoms with van der Waals surface area (Å²) >= 11 is 5.91. The molecule has 0 spiro atoms. The van der Waals surface area contributed by atoms with Gasteiger partial charge in [0, 0.05) is 10.6 Å². The van der Waals surface area contributed by atoms with Crippen LogP contribution in [0.15, 0.2) is 12.1 Å². The molecule has 0 aliphatic rings. The minimum Gasteiger partial charge on any atom is -0.507 e. The lowest BCUT2D eigenvalue weighted by Crippen LogP contribution is -2.37. The highest BCUT2D eigenvalue weighted by atomic mass is 35.5. The molecule has 0 aliphatic carbocycles. The van der Waals surface area contributed by atoms with Crippen LogP contribution < -0.4 is 5.73 Å². The molecule has 4 N–H and O–H groups in total. The lowest BCUT2D eigenvalue weighted by Gasteiger charge is -2.25. The molecule has 1 atom stereocenters. The molecule has 0 fully saturated rings. The van der Waals surface area contributed by atoms with E-state index in [1.165, 1.54) is 0 Å². The number of halogens is 1. The van der Waals surface area contributed by atoms with Gasteiger partial charge in [-0.2, -0.15) is 0 Å². The summed E-state index contributed by atoms with van der Waals surface area (Å²) in [4.78, 5) is 0. The van der Waals surface area contributed by atoms with Gasteiger partial charge in [-0.25, -0.2) is 0 Å². The Kier molecular flexibility index (Phi) is 3.04. The highest BCUT2D eigenvalue weighted by Gasteiger charge is 2.27. The first-order chi connectivity index (χ1) is 6.40. The van der Waals surface area contributed by atoms with Crippen molar-refractivity contribution in [3.8, 4) is 5.75 Å². The fraction of sp³-hybridized carbons (Fsp3) is 0.400. The molecule has 3 nitrogen and oxygen atoms in total. The number of phenols is 1. The molecule has 4 heteroatoms. The van der Waals surface area contributed by atoms with Crippen molar-refractivity contribution < 1.29 is 10.2 Å². The highest BCUT2D eigenvalue weighted by molar-refractivity contribution is 6.31. The van der Waals surface area contributed by atoms with E-state index in [9.17, 15) is 5.11 Å². The Morgan fingerprint density at radius 3 is 2.57 bits per heavy atom. The summed E-state index contributed by atoms with van der Waals surface area (Å²) in [6.07, 6.45) is 0. The van der Waals surface area contributed by atoms with Crippen LogP contribution in [0.1, 0.15) is 18.1 Å². The molecule has 0 aliphatic heterocycles. The average Bonchev–Trinajstić information content (AvgIpc) is 2.12. The van der Waals surface area contributed by atoms with Gasteiger partial charge in [-0.3, -0.25) is 0 Å². The molecule has 0 aromatic heterocycles. The molecule has 0 heterocycles. The Hall–Kier alpha value is -0.770. The number of nitrogens with two attached hydrogens (primary N) is 1. The van der Waals surface area contributed by atoms with Crippen LogP contribution in [0.25, 0.3) is 0 Å². The Bertz CT molecular complexity index is 350. The standard InChI is InChI=1S/C10H14ClNO2/c1-6-3-4-7(11)8(9(6)14)10(2,12)5-13/h3-4,13-14H,5,12H2,1-2H3/t10-/m1/s1. The number of aromatic hydroxyl groups is 1. The van der Waals surface area contributed by atoms with Gasteiger partial charge in [0.25, 0.3) is 0 Å². The molecule has 1 rings (SSSR count). The first-order valence-corrected chi connectivity index (χ1v) is 4.66. The first-order valence-electron chi connectivity index (χ1n) is 4.28. The number of aryl methyl sites for hydroxylation is 1. The minimum absolute atomic E-state index is 0.0524. The second-order valence-corrected chi connectivity index (χ2v) is 4.07. The summed E-state index contributed by atoms with van der Waals surface area (Å²) < 4.78 is 0. The number of hydrogen-bond acceptors (Lipinski definition) is 3. The Morgan fingerprint density at radius 2 is 2.07 bits per heavy atom. The summed E-state index contributed by atoms with van der Waals surface area (Å²) in [5.74, 6) is 0.0524. The number of benzene rings is 1. The summed E-state index contributed by atoms with van der Waals surface area (Å²) in [6, 6.07) is 3.36. The SMILES string of the molecule is Cc1ccc(Cl)c([C@](C)(N)CO)c1O. The van der Waals surface area contributed by atoms with Gasteiger partial charge in [0.2, 0.25) is 0 Å². The molecule has 0 unspecified atom stereocenters. The van der Waals surface area contributed by atoms with Crippen LogP contribution in [0.4, 0.5) is 0 Å². The zero-order chi connectivity index (χ0) is 10.9. The van der Waals surface area contributed by atoms with Gasteiger partial charge in [0.15, 0.2) is 0 Å². The fourth-order valence-corrected chi connectivity index (χ4v) is 1.66. The smallest absolute Gasteiger partial charge is 0.125 e. The molecule has 0 saturated carbocycles. The highest BCUT2D eigenvalue weighted by Crippen LogP contribution is 2.35. The summed E-state index contributed by atoms with van der Waals surface area (Å²) in [6.45, 7) is 3.10. The van der Waals surface area contributed by atoms with Crippen LogP contribution in [0.3, 0.4) is 0 Å². The molecular weight excluding hydrogens is 202 g/mol. The maximum atomic E-state index is 9.77. The first kappa shape index (κ1) is 11.3. The second kappa shape index (κ2) is 3.77.